The van der Waals surface area contributed by atoms with E-state index in [9.17, 15) is 13.2 Å². The first kappa shape index (κ1) is 18.6. The van der Waals surface area contributed by atoms with Crippen LogP contribution in [0.3, 0.4) is 0 Å². The number of benzene rings is 2. The highest BCUT2D eigenvalue weighted by Crippen LogP contribution is 2.20. The Morgan fingerprint density at radius 1 is 1.08 bits per heavy atom. The molecule has 1 saturated heterocycles. The van der Waals surface area contributed by atoms with Crippen LogP contribution in [0.1, 0.15) is 23.1 Å². The summed E-state index contributed by atoms with van der Waals surface area (Å²) in [6.07, 6.45) is 0.389. The number of likely N-dealkylation sites (tertiary alicyclic amines) is 1. The van der Waals surface area contributed by atoms with Crippen LogP contribution in [0.5, 0.6) is 0 Å². The average Bonchev–Trinajstić information content (AvgIpc) is 2.96. The topological polar surface area (TPSA) is 66.5 Å². The van der Waals surface area contributed by atoms with E-state index < -0.39 is 10.0 Å². The van der Waals surface area contributed by atoms with Gasteiger partial charge in [0.2, 0.25) is 15.9 Å². The maximum atomic E-state index is 12.4. The number of rotatable bonds is 7. The maximum Gasteiger partial charge on any atom is 0.223 e. The normalized spacial score (nSPS) is 17.7. The molecule has 0 aromatic heterocycles. The van der Waals surface area contributed by atoms with Gasteiger partial charge in [0.25, 0.3) is 0 Å². The summed E-state index contributed by atoms with van der Waals surface area (Å²) >= 11 is 0. The molecule has 5 nitrogen and oxygen atoms in total. The molecule has 1 fully saturated rings. The molecule has 3 rings (SSSR count). The Morgan fingerprint density at radius 3 is 2.50 bits per heavy atom. The summed E-state index contributed by atoms with van der Waals surface area (Å²) in [5, 5.41) is 0. The number of carbonyl (C=O) groups excluding carboxylic acids is 1. The van der Waals surface area contributed by atoms with Gasteiger partial charge in [-0.3, -0.25) is 4.79 Å². The van der Waals surface area contributed by atoms with E-state index in [0.29, 0.717) is 26.1 Å². The number of hydrogen-bond donors (Lipinski definition) is 1. The van der Waals surface area contributed by atoms with Gasteiger partial charge in [-0.1, -0.05) is 54.6 Å². The lowest BCUT2D eigenvalue weighted by Gasteiger charge is -2.17. The molecule has 1 N–H and O–H groups in total. The van der Waals surface area contributed by atoms with E-state index in [1.54, 1.807) is 4.90 Å². The fraction of sp³-hybridized carbons (Fsp3) is 0.350. The average molecular weight is 372 g/mol. The molecule has 0 spiro atoms. The molecule has 0 bridgehead atoms. The zero-order valence-electron chi connectivity index (χ0n) is 14.9. The lowest BCUT2D eigenvalue weighted by atomic mass is 10.1. The molecule has 26 heavy (non-hydrogen) atoms. The van der Waals surface area contributed by atoms with Crippen molar-refractivity contribution in [1.82, 2.24) is 9.62 Å². The van der Waals surface area contributed by atoms with Crippen molar-refractivity contribution in [3.8, 4) is 0 Å². The summed E-state index contributed by atoms with van der Waals surface area (Å²) in [4.78, 5) is 14.0. The molecule has 6 heteroatoms. The van der Waals surface area contributed by atoms with Gasteiger partial charge in [0.05, 0.1) is 5.75 Å². The summed E-state index contributed by atoms with van der Waals surface area (Å²) in [6, 6.07) is 17.3. The third kappa shape index (κ3) is 4.93. The fourth-order valence-electron chi connectivity index (χ4n) is 3.22. The van der Waals surface area contributed by atoms with Gasteiger partial charge in [-0.25, -0.2) is 13.1 Å². The van der Waals surface area contributed by atoms with Gasteiger partial charge < -0.3 is 4.90 Å². The molecule has 1 aliphatic heterocycles. The number of aryl methyl sites for hydroxylation is 1. The molecule has 138 valence electrons. The molecule has 0 aliphatic carbocycles. The van der Waals surface area contributed by atoms with Gasteiger partial charge in [-0.05, 0) is 29.5 Å². The first-order chi connectivity index (χ1) is 12.4. The molecular weight excluding hydrogens is 348 g/mol. The Labute approximate surface area is 155 Å². The lowest BCUT2D eigenvalue weighted by Crippen LogP contribution is -2.32. The van der Waals surface area contributed by atoms with Crippen LogP contribution < -0.4 is 4.72 Å². The Balaban J connectivity index is 1.53. The van der Waals surface area contributed by atoms with Crippen molar-refractivity contribution in [2.24, 2.45) is 5.92 Å². The molecule has 2 aromatic carbocycles. The minimum absolute atomic E-state index is 0.0119. The zero-order valence-corrected chi connectivity index (χ0v) is 15.7. The SMILES string of the molecule is Cc1ccccc1CS(=O)(=O)NCC1CC(=O)N(Cc2ccccc2)C1. The van der Waals surface area contributed by atoms with E-state index in [-0.39, 0.29) is 17.6 Å². The van der Waals surface area contributed by atoms with Crippen LogP contribution in [0, 0.1) is 12.8 Å². The second-order valence-corrected chi connectivity index (χ2v) is 8.67. The third-order valence-corrected chi connectivity index (χ3v) is 6.01. The Morgan fingerprint density at radius 2 is 1.77 bits per heavy atom. The van der Waals surface area contributed by atoms with E-state index >= 15 is 0 Å². The van der Waals surface area contributed by atoms with Gasteiger partial charge >= 0.3 is 0 Å². The molecule has 1 atom stereocenters. The number of amides is 1. The maximum absolute atomic E-state index is 12.4. The molecule has 1 heterocycles. The standard InChI is InChI=1S/C20H24N2O3S/c1-16-7-5-6-10-19(16)15-26(24,25)21-12-18-11-20(23)22(14-18)13-17-8-3-2-4-9-17/h2-10,18,21H,11-15H2,1H3. The minimum Gasteiger partial charge on any atom is -0.338 e. The summed E-state index contributed by atoms with van der Waals surface area (Å²) in [6.45, 7) is 3.36. The van der Waals surface area contributed by atoms with E-state index in [1.807, 2.05) is 61.5 Å². The van der Waals surface area contributed by atoms with Crippen molar-refractivity contribution in [3.05, 3.63) is 71.3 Å². The van der Waals surface area contributed by atoms with Gasteiger partial charge in [-0.15, -0.1) is 0 Å². The Hall–Kier alpha value is -2.18. The Kier molecular flexibility index (Phi) is 5.74. The van der Waals surface area contributed by atoms with E-state index in [4.69, 9.17) is 0 Å². The van der Waals surface area contributed by atoms with Crippen molar-refractivity contribution < 1.29 is 13.2 Å². The number of hydrogen-bond acceptors (Lipinski definition) is 3. The summed E-state index contributed by atoms with van der Waals surface area (Å²) in [5.74, 6) is 0.0588. The van der Waals surface area contributed by atoms with Gasteiger partial charge in [0.15, 0.2) is 0 Å². The second kappa shape index (κ2) is 8.01. The van der Waals surface area contributed by atoms with Crippen LogP contribution in [0.2, 0.25) is 0 Å². The number of carbonyl (C=O) groups is 1. The largest absolute Gasteiger partial charge is 0.338 e. The Bertz CT molecular complexity index is 866. The predicted octanol–water partition coefficient (Wildman–Crippen LogP) is 2.46. The molecule has 0 radical (unpaired) electrons. The quantitative estimate of drug-likeness (QED) is 0.812. The van der Waals surface area contributed by atoms with Crippen molar-refractivity contribution in [3.63, 3.8) is 0 Å². The summed E-state index contributed by atoms with van der Waals surface area (Å²) in [5.41, 5.74) is 2.85. The molecular formula is C20H24N2O3S. The molecule has 0 saturated carbocycles. The summed E-state index contributed by atoms with van der Waals surface area (Å²) in [7, 11) is -3.42. The van der Waals surface area contributed by atoms with E-state index in [1.165, 1.54) is 0 Å². The number of nitrogens with zero attached hydrogens (tertiary/aromatic N) is 1. The number of sulfonamides is 1. The van der Waals surface area contributed by atoms with E-state index in [0.717, 1.165) is 16.7 Å². The monoisotopic (exact) mass is 372 g/mol. The molecule has 1 amide bonds. The highest BCUT2D eigenvalue weighted by Gasteiger charge is 2.30. The van der Waals surface area contributed by atoms with Crippen LogP contribution in [0.25, 0.3) is 0 Å². The van der Waals surface area contributed by atoms with Crippen LogP contribution in [0.15, 0.2) is 54.6 Å². The minimum atomic E-state index is -3.42. The van der Waals surface area contributed by atoms with Crippen molar-refractivity contribution in [2.45, 2.75) is 25.6 Å². The van der Waals surface area contributed by atoms with E-state index in [2.05, 4.69) is 4.72 Å². The highest BCUT2D eigenvalue weighted by atomic mass is 32.2. The van der Waals surface area contributed by atoms with Crippen molar-refractivity contribution >= 4 is 15.9 Å². The fourth-order valence-corrected chi connectivity index (χ4v) is 4.54. The summed E-state index contributed by atoms with van der Waals surface area (Å²) < 4.78 is 27.4. The van der Waals surface area contributed by atoms with Crippen LogP contribution in [0.4, 0.5) is 0 Å². The zero-order chi connectivity index (χ0) is 18.6. The second-order valence-electron chi connectivity index (χ2n) is 6.86. The van der Waals surface area contributed by atoms with Gasteiger partial charge in [0.1, 0.15) is 0 Å². The van der Waals surface area contributed by atoms with Crippen molar-refractivity contribution in [1.29, 1.82) is 0 Å². The van der Waals surface area contributed by atoms with Crippen molar-refractivity contribution in [2.75, 3.05) is 13.1 Å². The first-order valence-corrected chi connectivity index (χ1v) is 10.4. The molecule has 1 unspecified atom stereocenters. The third-order valence-electron chi connectivity index (χ3n) is 4.71. The van der Waals surface area contributed by atoms with Gasteiger partial charge in [0, 0.05) is 26.1 Å². The smallest absolute Gasteiger partial charge is 0.223 e. The van der Waals surface area contributed by atoms with Crippen LogP contribution in [-0.4, -0.2) is 32.3 Å². The van der Waals surface area contributed by atoms with Crippen LogP contribution in [-0.2, 0) is 27.1 Å². The first-order valence-electron chi connectivity index (χ1n) is 8.76. The predicted molar refractivity (Wildman–Crippen MR) is 102 cm³/mol. The highest BCUT2D eigenvalue weighted by molar-refractivity contribution is 7.88. The molecule has 1 aliphatic rings. The number of nitrogens with one attached hydrogen (secondary N) is 1. The molecule has 2 aromatic rings. The van der Waals surface area contributed by atoms with Gasteiger partial charge in [-0.2, -0.15) is 0 Å². The van der Waals surface area contributed by atoms with Crippen LogP contribution >= 0.6 is 0 Å². The lowest BCUT2D eigenvalue weighted by molar-refractivity contribution is -0.128.